The molecule has 6 nitrogen and oxygen atoms in total. The first-order valence-electron chi connectivity index (χ1n) is 5.92. The Bertz CT molecular complexity index is 329. The summed E-state index contributed by atoms with van der Waals surface area (Å²) in [5.74, 6) is 6.53. The molecule has 0 aliphatic carbocycles. The fourth-order valence-corrected chi connectivity index (χ4v) is 1.74. The first-order chi connectivity index (χ1) is 8.21. The quantitative estimate of drug-likeness (QED) is 0.418. The third-order valence-corrected chi connectivity index (χ3v) is 2.87. The number of aromatic nitrogens is 2. The van der Waals surface area contributed by atoms with Gasteiger partial charge < -0.3 is 10.4 Å². The van der Waals surface area contributed by atoms with Crippen molar-refractivity contribution < 1.29 is 5.11 Å². The van der Waals surface area contributed by atoms with Crippen LogP contribution in [-0.4, -0.2) is 27.7 Å². The molecule has 1 rings (SSSR count). The molecule has 0 saturated heterocycles. The number of rotatable bonds is 7. The number of nitrogens with one attached hydrogen (secondary N) is 2. The summed E-state index contributed by atoms with van der Waals surface area (Å²) in [6, 6.07) is 1.74. The second kappa shape index (κ2) is 7.03. The van der Waals surface area contributed by atoms with Crippen molar-refractivity contribution in [2.45, 2.75) is 32.8 Å². The highest BCUT2D eigenvalue weighted by atomic mass is 16.3. The molecule has 1 aromatic heterocycles. The van der Waals surface area contributed by atoms with E-state index in [1.807, 2.05) is 0 Å². The normalized spacial score (nSPS) is 12.5. The first-order valence-corrected chi connectivity index (χ1v) is 5.92. The number of hydrazine groups is 1. The van der Waals surface area contributed by atoms with Crippen LogP contribution in [0, 0.1) is 5.92 Å². The molecule has 1 aromatic rings. The van der Waals surface area contributed by atoms with Crippen molar-refractivity contribution in [3.8, 4) is 0 Å². The van der Waals surface area contributed by atoms with Crippen molar-refractivity contribution in [3.05, 3.63) is 12.3 Å². The van der Waals surface area contributed by atoms with Crippen LogP contribution < -0.4 is 16.6 Å². The standard InChI is InChI=1S/C11H21N5O/c1-3-8(4-2)9(17)7-14-10-5-6-13-11(15-10)16-12/h5-6,8-9,17H,3-4,7,12H2,1-2H3,(H2,13,14,15,16). The predicted molar refractivity (Wildman–Crippen MR) is 68.4 cm³/mol. The summed E-state index contributed by atoms with van der Waals surface area (Å²) in [5, 5.41) is 13.0. The summed E-state index contributed by atoms with van der Waals surface area (Å²) in [7, 11) is 0. The van der Waals surface area contributed by atoms with Gasteiger partial charge >= 0.3 is 0 Å². The van der Waals surface area contributed by atoms with E-state index in [4.69, 9.17) is 5.84 Å². The van der Waals surface area contributed by atoms with E-state index in [0.717, 1.165) is 12.8 Å². The van der Waals surface area contributed by atoms with Crippen molar-refractivity contribution in [1.29, 1.82) is 0 Å². The number of anilines is 2. The molecule has 1 atom stereocenters. The number of aliphatic hydroxyl groups is 1. The molecule has 1 unspecified atom stereocenters. The van der Waals surface area contributed by atoms with Gasteiger partial charge in [-0.2, -0.15) is 4.98 Å². The molecular formula is C11H21N5O. The average Bonchev–Trinajstić information content (AvgIpc) is 2.38. The summed E-state index contributed by atoms with van der Waals surface area (Å²) in [5.41, 5.74) is 2.38. The largest absolute Gasteiger partial charge is 0.391 e. The SMILES string of the molecule is CCC(CC)C(O)CNc1ccnc(NN)n1. The smallest absolute Gasteiger partial charge is 0.239 e. The van der Waals surface area contributed by atoms with E-state index >= 15 is 0 Å². The minimum atomic E-state index is -0.366. The Hall–Kier alpha value is -1.40. The number of hydrogen-bond donors (Lipinski definition) is 4. The lowest BCUT2D eigenvalue weighted by atomic mass is 9.97. The number of nitrogens with two attached hydrogens (primary N) is 1. The summed E-state index contributed by atoms with van der Waals surface area (Å²) in [6.45, 7) is 4.64. The molecule has 17 heavy (non-hydrogen) atoms. The molecule has 0 aliphatic rings. The van der Waals surface area contributed by atoms with Gasteiger partial charge in [-0.1, -0.05) is 26.7 Å². The fraction of sp³-hybridized carbons (Fsp3) is 0.636. The molecule has 0 aromatic carbocycles. The van der Waals surface area contributed by atoms with Gasteiger partial charge in [0.25, 0.3) is 0 Å². The van der Waals surface area contributed by atoms with E-state index in [0.29, 0.717) is 24.2 Å². The van der Waals surface area contributed by atoms with Crippen LogP contribution in [0.25, 0.3) is 0 Å². The lowest BCUT2D eigenvalue weighted by molar-refractivity contribution is 0.114. The van der Waals surface area contributed by atoms with Crippen LogP contribution in [0.15, 0.2) is 12.3 Å². The zero-order valence-corrected chi connectivity index (χ0v) is 10.3. The second-order valence-electron chi connectivity index (χ2n) is 3.93. The van der Waals surface area contributed by atoms with E-state index in [1.165, 1.54) is 0 Å². The minimum absolute atomic E-state index is 0.316. The van der Waals surface area contributed by atoms with Crippen LogP contribution in [0.1, 0.15) is 26.7 Å². The summed E-state index contributed by atoms with van der Waals surface area (Å²) < 4.78 is 0. The molecule has 0 saturated carbocycles. The van der Waals surface area contributed by atoms with Gasteiger partial charge in [-0.25, -0.2) is 10.8 Å². The third-order valence-electron chi connectivity index (χ3n) is 2.87. The van der Waals surface area contributed by atoms with Crippen LogP contribution in [0.2, 0.25) is 0 Å². The lowest BCUT2D eigenvalue weighted by Gasteiger charge is -2.20. The number of nitrogens with zero attached hydrogens (tertiary/aromatic N) is 2. The molecule has 0 radical (unpaired) electrons. The number of hydrogen-bond acceptors (Lipinski definition) is 6. The molecule has 0 bridgehead atoms. The summed E-state index contributed by atoms with van der Waals surface area (Å²) >= 11 is 0. The topological polar surface area (TPSA) is 96.1 Å². The van der Waals surface area contributed by atoms with Crippen molar-refractivity contribution in [3.63, 3.8) is 0 Å². The van der Waals surface area contributed by atoms with Crippen molar-refractivity contribution in [2.24, 2.45) is 11.8 Å². The zero-order chi connectivity index (χ0) is 12.7. The molecule has 96 valence electrons. The molecule has 0 spiro atoms. The number of aliphatic hydroxyl groups excluding tert-OH is 1. The van der Waals surface area contributed by atoms with Gasteiger partial charge in [0.05, 0.1) is 6.10 Å². The first kappa shape index (κ1) is 13.7. The van der Waals surface area contributed by atoms with Crippen molar-refractivity contribution >= 4 is 11.8 Å². The Kier molecular flexibility index (Phi) is 5.65. The molecule has 0 aliphatic heterocycles. The maximum atomic E-state index is 9.95. The maximum Gasteiger partial charge on any atom is 0.239 e. The van der Waals surface area contributed by atoms with Gasteiger partial charge in [0, 0.05) is 12.7 Å². The Balaban J connectivity index is 2.49. The van der Waals surface area contributed by atoms with E-state index in [9.17, 15) is 5.11 Å². The summed E-state index contributed by atoms with van der Waals surface area (Å²) in [6.07, 6.45) is 3.18. The van der Waals surface area contributed by atoms with Gasteiger partial charge in [-0.05, 0) is 12.0 Å². The third kappa shape index (κ3) is 4.16. The Labute approximate surface area is 102 Å². The van der Waals surface area contributed by atoms with Crippen LogP contribution in [0.3, 0.4) is 0 Å². The Morgan fingerprint density at radius 1 is 1.41 bits per heavy atom. The van der Waals surface area contributed by atoms with Crippen LogP contribution in [0.5, 0.6) is 0 Å². The molecule has 6 heteroatoms. The minimum Gasteiger partial charge on any atom is -0.391 e. The predicted octanol–water partition coefficient (Wildman–Crippen LogP) is 0.971. The second-order valence-corrected chi connectivity index (χ2v) is 3.93. The Morgan fingerprint density at radius 3 is 2.71 bits per heavy atom. The highest BCUT2D eigenvalue weighted by Crippen LogP contribution is 2.14. The fourth-order valence-electron chi connectivity index (χ4n) is 1.74. The average molecular weight is 239 g/mol. The van der Waals surface area contributed by atoms with E-state index < -0.39 is 0 Å². The monoisotopic (exact) mass is 239 g/mol. The van der Waals surface area contributed by atoms with Crippen LogP contribution in [-0.2, 0) is 0 Å². The van der Waals surface area contributed by atoms with Crippen molar-refractivity contribution in [1.82, 2.24) is 9.97 Å². The molecule has 1 heterocycles. The highest BCUT2D eigenvalue weighted by molar-refractivity contribution is 5.38. The zero-order valence-electron chi connectivity index (χ0n) is 10.3. The van der Waals surface area contributed by atoms with E-state index in [2.05, 4.69) is 34.6 Å². The molecule has 0 amide bonds. The van der Waals surface area contributed by atoms with Gasteiger partial charge in [-0.15, -0.1) is 0 Å². The molecular weight excluding hydrogens is 218 g/mol. The van der Waals surface area contributed by atoms with E-state index in [1.54, 1.807) is 12.3 Å². The van der Waals surface area contributed by atoms with Crippen LogP contribution in [0.4, 0.5) is 11.8 Å². The number of nitrogen functional groups attached to an aromatic ring is 1. The van der Waals surface area contributed by atoms with Gasteiger partial charge in [0.2, 0.25) is 5.95 Å². The van der Waals surface area contributed by atoms with Crippen LogP contribution >= 0.6 is 0 Å². The van der Waals surface area contributed by atoms with E-state index in [-0.39, 0.29) is 6.10 Å². The molecule has 0 fully saturated rings. The van der Waals surface area contributed by atoms with Gasteiger partial charge in [0.15, 0.2) is 0 Å². The van der Waals surface area contributed by atoms with Gasteiger partial charge in [-0.3, -0.25) is 5.43 Å². The highest BCUT2D eigenvalue weighted by Gasteiger charge is 2.15. The molecule has 5 N–H and O–H groups in total. The van der Waals surface area contributed by atoms with Gasteiger partial charge in [0.1, 0.15) is 5.82 Å². The van der Waals surface area contributed by atoms with Crippen molar-refractivity contribution in [2.75, 3.05) is 17.3 Å². The lowest BCUT2D eigenvalue weighted by Crippen LogP contribution is -2.28. The Morgan fingerprint density at radius 2 is 2.12 bits per heavy atom. The summed E-state index contributed by atoms with van der Waals surface area (Å²) in [4.78, 5) is 8.01. The maximum absolute atomic E-state index is 9.95.